The Morgan fingerprint density at radius 3 is 2.21 bits per heavy atom. The lowest BCUT2D eigenvalue weighted by molar-refractivity contribution is 0.0925. The van der Waals surface area contributed by atoms with Crippen LogP contribution in [0.5, 0.6) is 0 Å². The van der Waals surface area contributed by atoms with Gasteiger partial charge in [0.05, 0.1) is 0 Å². The van der Waals surface area contributed by atoms with Gasteiger partial charge in [0, 0.05) is 35.6 Å². The van der Waals surface area contributed by atoms with E-state index in [4.69, 9.17) is 5.73 Å². The van der Waals surface area contributed by atoms with Gasteiger partial charge in [-0.25, -0.2) is 18.2 Å². The molecule has 0 radical (unpaired) electrons. The number of nitrogens with two attached hydrogens (primary N) is 1. The highest BCUT2D eigenvalue weighted by Crippen LogP contribution is 2.23. The smallest absolute Gasteiger partial charge is 0.251 e. The van der Waals surface area contributed by atoms with Crippen LogP contribution in [0, 0.1) is 24.4 Å². The van der Waals surface area contributed by atoms with Crippen LogP contribution in [0.4, 0.5) is 24.7 Å². The lowest BCUT2D eigenvalue weighted by Crippen LogP contribution is -2.40. The van der Waals surface area contributed by atoms with Crippen molar-refractivity contribution < 1.29 is 18.0 Å². The lowest BCUT2D eigenvalue weighted by atomic mass is 9.91. The molecule has 1 aliphatic rings. The zero-order chi connectivity index (χ0) is 19.6. The number of nitrogen functional groups attached to an aromatic ring is 1. The molecular weight excluding hydrogens is 393 g/mol. The van der Waals surface area contributed by atoms with Gasteiger partial charge < -0.3 is 16.4 Å². The number of anilines is 2. The van der Waals surface area contributed by atoms with Gasteiger partial charge in [-0.05, 0) is 50.3 Å². The highest BCUT2D eigenvalue weighted by Gasteiger charge is 2.24. The number of aryl methyl sites for hydroxylation is 1. The summed E-state index contributed by atoms with van der Waals surface area (Å²) in [6, 6.07) is 3.29. The largest absolute Gasteiger partial charge is 0.398 e. The van der Waals surface area contributed by atoms with Crippen molar-refractivity contribution in [3.63, 3.8) is 0 Å². The maximum Gasteiger partial charge on any atom is 0.251 e. The van der Waals surface area contributed by atoms with Crippen molar-refractivity contribution in [3.8, 4) is 0 Å². The predicted molar refractivity (Wildman–Crippen MR) is 104 cm³/mol. The highest BCUT2D eigenvalue weighted by atomic mass is 35.5. The highest BCUT2D eigenvalue weighted by molar-refractivity contribution is 5.94. The number of rotatable bonds is 4. The molecule has 0 unspecified atom stereocenters. The van der Waals surface area contributed by atoms with E-state index in [2.05, 4.69) is 15.6 Å². The average Bonchev–Trinajstić information content (AvgIpc) is 2.64. The van der Waals surface area contributed by atoms with Gasteiger partial charge >= 0.3 is 0 Å². The first kappa shape index (κ1) is 21.8. The number of amides is 1. The minimum Gasteiger partial charge on any atom is -0.398 e. The van der Waals surface area contributed by atoms with Crippen molar-refractivity contribution in [1.29, 1.82) is 0 Å². The molecule has 0 spiro atoms. The molecule has 1 aromatic carbocycles. The number of pyridine rings is 1. The summed E-state index contributed by atoms with van der Waals surface area (Å²) in [5.74, 6) is -4.24. The van der Waals surface area contributed by atoms with Crippen molar-refractivity contribution >= 4 is 29.8 Å². The third-order valence-electron chi connectivity index (χ3n) is 4.81. The minimum atomic E-state index is -1.58. The maximum atomic E-state index is 13.3. The average molecular weight is 415 g/mol. The first-order valence-electron chi connectivity index (χ1n) is 8.77. The fourth-order valence-electron chi connectivity index (χ4n) is 3.16. The second kappa shape index (κ2) is 9.14. The summed E-state index contributed by atoms with van der Waals surface area (Å²) in [7, 11) is 0. The molecule has 0 bridgehead atoms. The Labute approximate surface area is 167 Å². The third kappa shape index (κ3) is 5.07. The van der Waals surface area contributed by atoms with E-state index in [0.717, 1.165) is 18.4 Å². The van der Waals surface area contributed by atoms with Crippen LogP contribution < -0.4 is 16.4 Å². The zero-order valence-corrected chi connectivity index (χ0v) is 16.1. The molecule has 5 nitrogen and oxygen atoms in total. The van der Waals surface area contributed by atoms with E-state index < -0.39 is 23.4 Å². The van der Waals surface area contributed by atoms with Gasteiger partial charge in [0.1, 0.15) is 5.82 Å². The standard InChI is InChI=1S/C19H21F3N4O.ClH/c1-10-9-24-17(8-16(10)23)25-12-2-4-13(5-3-12)26-19(27)11-6-14(20)18(22)15(21)7-11;/h6-9,12-13H,2-5H2,1H3,(H,26,27)(H3,23,24,25);1H/t12-,13+;. The van der Waals surface area contributed by atoms with E-state index in [9.17, 15) is 18.0 Å². The summed E-state index contributed by atoms with van der Waals surface area (Å²) >= 11 is 0. The molecular formula is C19H22ClF3N4O. The molecule has 152 valence electrons. The minimum absolute atomic E-state index is 0. The summed E-state index contributed by atoms with van der Waals surface area (Å²) in [6.45, 7) is 1.89. The van der Waals surface area contributed by atoms with Gasteiger partial charge in [0.2, 0.25) is 0 Å². The molecule has 0 aliphatic heterocycles. The van der Waals surface area contributed by atoms with Gasteiger partial charge in [-0.2, -0.15) is 0 Å². The molecule has 1 aromatic heterocycles. The maximum absolute atomic E-state index is 13.3. The van der Waals surface area contributed by atoms with E-state index in [1.54, 1.807) is 12.3 Å². The number of hydrogen-bond donors (Lipinski definition) is 3. The summed E-state index contributed by atoms with van der Waals surface area (Å²) in [6.07, 6.45) is 4.72. The van der Waals surface area contributed by atoms with Crippen molar-refractivity contribution in [2.24, 2.45) is 0 Å². The summed E-state index contributed by atoms with van der Waals surface area (Å²) < 4.78 is 39.5. The molecule has 3 rings (SSSR count). The molecule has 2 aromatic rings. The van der Waals surface area contributed by atoms with E-state index in [1.165, 1.54) is 0 Å². The second-order valence-corrected chi connectivity index (χ2v) is 6.85. The van der Waals surface area contributed by atoms with Gasteiger partial charge in [-0.1, -0.05) is 0 Å². The Bertz CT molecular complexity index is 834. The number of nitrogens with one attached hydrogen (secondary N) is 2. The Hall–Kier alpha value is -2.48. The number of benzene rings is 1. The van der Waals surface area contributed by atoms with Gasteiger partial charge in [-0.15, -0.1) is 12.4 Å². The summed E-state index contributed by atoms with van der Waals surface area (Å²) in [5.41, 5.74) is 7.24. The molecule has 1 amide bonds. The van der Waals surface area contributed by atoms with E-state index >= 15 is 0 Å². The van der Waals surface area contributed by atoms with E-state index in [1.807, 2.05) is 6.92 Å². The Morgan fingerprint density at radius 2 is 1.64 bits per heavy atom. The van der Waals surface area contributed by atoms with Crippen LogP contribution in [0.3, 0.4) is 0 Å². The molecule has 1 saturated carbocycles. The van der Waals surface area contributed by atoms with Crippen LogP contribution >= 0.6 is 12.4 Å². The Kier molecular flexibility index (Phi) is 7.12. The fraction of sp³-hybridized carbons (Fsp3) is 0.368. The first-order chi connectivity index (χ1) is 12.8. The zero-order valence-electron chi connectivity index (χ0n) is 15.3. The van der Waals surface area contributed by atoms with Crippen LogP contribution in [-0.4, -0.2) is 23.0 Å². The monoisotopic (exact) mass is 414 g/mol. The van der Waals surface area contributed by atoms with Crippen molar-refractivity contribution in [3.05, 3.63) is 53.0 Å². The van der Waals surface area contributed by atoms with Crippen LogP contribution in [0.2, 0.25) is 0 Å². The molecule has 0 saturated heterocycles. The number of carbonyl (C=O) groups excluding carboxylic acids is 1. The molecule has 4 N–H and O–H groups in total. The van der Waals surface area contributed by atoms with Crippen LogP contribution in [0.15, 0.2) is 24.4 Å². The summed E-state index contributed by atoms with van der Waals surface area (Å²) in [5, 5.41) is 6.08. The van der Waals surface area contributed by atoms with Gasteiger partial charge in [0.25, 0.3) is 5.91 Å². The molecule has 1 heterocycles. The van der Waals surface area contributed by atoms with E-state index in [0.29, 0.717) is 36.5 Å². The SMILES string of the molecule is Cc1cnc(N[C@H]2CC[C@@H](NC(=O)c3cc(F)c(F)c(F)c3)CC2)cc1N.Cl. The topological polar surface area (TPSA) is 80.0 Å². The second-order valence-electron chi connectivity index (χ2n) is 6.85. The Morgan fingerprint density at radius 1 is 1.07 bits per heavy atom. The summed E-state index contributed by atoms with van der Waals surface area (Å²) in [4.78, 5) is 16.5. The van der Waals surface area contributed by atoms with Gasteiger partial charge in [-0.3, -0.25) is 4.79 Å². The number of aromatic nitrogens is 1. The number of nitrogens with zero attached hydrogens (tertiary/aromatic N) is 1. The van der Waals surface area contributed by atoms with Crippen molar-refractivity contribution in [1.82, 2.24) is 10.3 Å². The van der Waals surface area contributed by atoms with Crippen LogP contribution in [0.1, 0.15) is 41.6 Å². The van der Waals surface area contributed by atoms with E-state index in [-0.39, 0.29) is 30.1 Å². The molecule has 1 aliphatic carbocycles. The van der Waals surface area contributed by atoms with Crippen LogP contribution in [-0.2, 0) is 0 Å². The molecule has 28 heavy (non-hydrogen) atoms. The molecule has 1 fully saturated rings. The number of halogens is 4. The van der Waals surface area contributed by atoms with Crippen molar-refractivity contribution in [2.75, 3.05) is 11.1 Å². The first-order valence-corrected chi connectivity index (χ1v) is 8.77. The molecule has 0 atom stereocenters. The van der Waals surface area contributed by atoms with Gasteiger partial charge in [0.15, 0.2) is 17.5 Å². The van der Waals surface area contributed by atoms with Crippen molar-refractivity contribution in [2.45, 2.75) is 44.7 Å². The fourth-order valence-corrected chi connectivity index (χ4v) is 3.16. The third-order valence-corrected chi connectivity index (χ3v) is 4.81. The normalized spacial score (nSPS) is 18.9. The van der Waals surface area contributed by atoms with Crippen LogP contribution in [0.25, 0.3) is 0 Å². The quantitative estimate of drug-likeness (QED) is 0.661. The lowest BCUT2D eigenvalue weighted by Gasteiger charge is -2.30. The predicted octanol–water partition coefficient (Wildman–Crippen LogP) is 3.96. The number of hydrogen-bond acceptors (Lipinski definition) is 4. The number of carbonyl (C=O) groups is 1. The Balaban J connectivity index is 0.00000280. The molecule has 9 heteroatoms.